The van der Waals surface area contributed by atoms with Crippen LogP contribution in [-0.2, 0) is 9.53 Å². The number of hydrogen-bond donors (Lipinski definition) is 0. The molecule has 0 atom stereocenters. The maximum Gasteiger partial charge on any atom is 0.308 e. The van der Waals surface area contributed by atoms with Crippen LogP contribution in [0.1, 0.15) is 71.6 Å². The molecule has 0 radical (unpaired) electrons. The summed E-state index contributed by atoms with van der Waals surface area (Å²) >= 11 is 0. The highest BCUT2D eigenvalue weighted by atomic mass is 16.5. The smallest absolute Gasteiger partial charge is 0.308 e. The van der Waals surface area contributed by atoms with E-state index in [9.17, 15) is 4.79 Å². The molecule has 0 N–H and O–H groups in total. The molecule has 0 aliphatic carbocycles. The van der Waals surface area contributed by atoms with Gasteiger partial charge in [0.25, 0.3) is 0 Å². The summed E-state index contributed by atoms with van der Waals surface area (Å²) in [6, 6.07) is 0. The summed E-state index contributed by atoms with van der Waals surface area (Å²) in [5, 5.41) is 0. The molecule has 0 aliphatic rings. The van der Waals surface area contributed by atoms with Gasteiger partial charge in [0.15, 0.2) is 0 Å². The first kappa shape index (κ1) is 16.0. The van der Waals surface area contributed by atoms with Gasteiger partial charge in [0.2, 0.25) is 0 Å². The van der Waals surface area contributed by atoms with E-state index in [0.717, 1.165) is 6.42 Å². The number of carbonyl (C=O) groups excluding carboxylic acids is 1. The van der Waals surface area contributed by atoms with Crippen molar-refractivity contribution in [2.75, 3.05) is 0 Å². The van der Waals surface area contributed by atoms with Crippen molar-refractivity contribution in [1.29, 1.82) is 0 Å². The topological polar surface area (TPSA) is 26.3 Å². The standard InChI is InChI=1S/C15H26O2/c1-3-4-5-6-7-8-9-10-11-12-13-14-17-15(2)16/h12,14H,3-11H2,1-2H3. The van der Waals surface area contributed by atoms with E-state index in [1.807, 2.05) is 6.08 Å². The van der Waals surface area contributed by atoms with Crippen molar-refractivity contribution < 1.29 is 9.53 Å². The van der Waals surface area contributed by atoms with Crippen LogP contribution in [0.3, 0.4) is 0 Å². The molecule has 0 aliphatic heterocycles. The highest BCUT2D eigenvalue weighted by Gasteiger charge is 1.90. The molecule has 2 nitrogen and oxygen atoms in total. The van der Waals surface area contributed by atoms with Crippen LogP contribution in [0.15, 0.2) is 18.1 Å². The second-order valence-electron chi connectivity index (χ2n) is 4.36. The fourth-order valence-corrected chi connectivity index (χ4v) is 1.63. The molecule has 0 fully saturated rings. The van der Waals surface area contributed by atoms with E-state index in [2.05, 4.69) is 17.4 Å². The van der Waals surface area contributed by atoms with Crippen LogP contribution in [0, 0.1) is 0 Å². The lowest BCUT2D eigenvalue weighted by molar-refractivity contribution is -0.135. The summed E-state index contributed by atoms with van der Waals surface area (Å²) in [5.74, 6) is -0.294. The van der Waals surface area contributed by atoms with Crippen LogP contribution in [-0.4, -0.2) is 5.97 Å². The summed E-state index contributed by atoms with van der Waals surface area (Å²) in [7, 11) is 0. The van der Waals surface area contributed by atoms with Crippen molar-refractivity contribution in [3.8, 4) is 0 Å². The summed E-state index contributed by atoms with van der Waals surface area (Å²) in [5.41, 5.74) is 2.84. The number of hydrogen-bond acceptors (Lipinski definition) is 2. The predicted molar refractivity (Wildman–Crippen MR) is 71.6 cm³/mol. The highest BCUT2D eigenvalue weighted by molar-refractivity contribution is 5.66. The lowest BCUT2D eigenvalue weighted by Crippen LogP contribution is -1.88. The summed E-state index contributed by atoms with van der Waals surface area (Å²) in [4.78, 5) is 10.4. The van der Waals surface area contributed by atoms with E-state index in [1.165, 1.54) is 64.6 Å². The molecular formula is C15H26O2. The van der Waals surface area contributed by atoms with Crippen molar-refractivity contribution in [2.45, 2.75) is 71.6 Å². The van der Waals surface area contributed by atoms with Gasteiger partial charge in [-0.25, -0.2) is 0 Å². The Kier molecular flexibility index (Phi) is 12.3. The van der Waals surface area contributed by atoms with Gasteiger partial charge in [0.1, 0.15) is 6.26 Å². The highest BCUT2D eigenvalue weighted by Crippen LogP contribution is 2.09. The van der Waals surface area contributed by atoms with E-state index < -0.39 is 0 Å². The third-order valence-electron chi connectivity index (χ3n) is 2.61. The van der Waals surface area contributed by atoms with Crippen molar-refractivity contribution in [2.24, 2.45) is 0 Å². The number of ether oxygens (including phenoxy) is 1. The first-order valence-electron chi connectivity index (χ1n) is 6.84. The van der Waals surface area contributed by atoms with E-state index in [-0.39, 0.29) is 5.97 Å². The second kappa shape index (κ2) is 13.1. The fourth-order valence-electron chi connectivity index (χ4n) is 1.63. The maximum atomic E-state index is 10.4. The molecular weight excluding hydrogens is 212 g/mol. The Morgan fingerprint density at radius 2 is 1.65 bits per heavy atom. The number of rotatable bonds is 10. The van der Waals surface area contributed by atoms with Crippen LogP contribution < -0.4 is 0 Å². The zero-order chi connectivity index (χ0) is 12.8. The van der Waals surface area contributed by atoms with Crippen molar-refractivity contribution in [3.63, 3.8) is 0 Å². The van der Waals surface area contributed by atoms with E-state index in [1.54, 1.807) is 0 Å². The van der Waals surface area contributed by atoms with Gasteiger partial charge in [-0.3, -0.25) is 4.79 Å². The maximum absolute atomic E-state index is 10.4. The van der Waals surface area contributed by atoms with Crippen LogP contribution in [0.25, 0.3) is 0 Å². The van der Waals surface area contributed by atoms with Gasteiger partial charge in [-0.2, -0.15) is 0 Å². The van der Waals surface area contributed by atoms with Gasteiger partial charge >= 0.3 is 5.97 Å². The molecule has 0 bridgehead atoms. The van der Waals surface area contributed by atoms with E-state index in [4.69, 9.17) is 0 Å². The Balaban J connectivity index is 3.18. The van der Waals surface area contributed by atoms with Gasteiger partial charge in [-0.1, -0.05) is 57.6 Å². The lowest BCUT2D eigenvalue weighted by Gasteiger charge is -1.99. The minimum absolute atomic E-state index is 0.294. The summed E-state index contributed by atoms with van der Waals surface area (Å²) in [6.45, 7) is 3.63. The summed E-state index contributed by atoms with van der Waals surface area (Å²) < 4.78 is 4.62. The van der Waals surface area contributed by atoms with Gasteiger partial charge in [-0.15, -0.1) is 0 Å². The Hall–Kier alpha value is -1.01. The van der Waals surface area contributed by atoms with Crippen LogP contribution in [0.2, 0.25) is 0 Å². The molecule has 0 heterocycles. The van der Waals surface area contributed by atoms with Gasteiger partial charge in [0, 0.05) is 6.92 Å². The molecule has 0 saturated carbocycles. The van der Waals surface area contributed by atoms with Crippen molar-refractivity contribution in [1.82, 2.24) is 0 Å². The van der Waals surface area contributed by atoms with E-state index in [0.29, 0.717) is 0 Å². The number of unbranched alkanes of at least 4 members (excludes halogenated alkanes) is 8. The molecule has 98 valence electrons. The average Bonchev–Trinajstić information content (AvgIpc) is 2.30. The Bertz CT molecular complexity index is 237. The Morgan fingerprint density at radius 1 is 1.06 bits per heavy atom. The minimum Gasteiger partial charge on any atom is -0.426 e. The number of allylic oxidation sites excluding steroid dienone is 1. The Labute approximate surface area is 106 Å². The monoisotopic (exact) mass is 238 g/mol. The molecule has 0 saturated heterocycles. The van der Waals surface area contributed by atoms with Crippen LogP contribution in [0.4, 0.5) is 0 Å². The average molecular weight is 238 g/mol. The lowest BCUT2D eigenvalue weighted by atomic mass is 10.1. The largest absolute Gasteiger partial charge is 0.426 e. The van der Waals surface area contributed by atoms with Crippen molar-refractivity contribution >= 4 is 5.97 Å². The minimum atomic E-state index is -0.294. The molecule has 0 aromatic carbocycles. The van der Waals surface area contributed by atoms with Crippen LogP contribution in [0.5, 0.6) is 0 Å². The molecule has 0 amide bonds. The molecule has 0 rings (SSSR count). The predicted octanol–water partition coefficient (Wildman–Crippen LogP) is 4.75. The molecule has 0 unspecified atom stereocenters. The first-order valence-corrected chi connectivity index (χ1v) is 6.84. The molecule has 0 aromatic heterocycles. The number of carbonyl (C=O) groups is 1. The van der Waals surface area contributed by atoms with Crippen molar-refractivity contribution in [3.05, 3.63) is 18.1 Å². The molecule has 0 aromatic rings. The van der Waals surface area contributed by atoms with Gasteiger partial charge < -0.3 is 4.74 Å². The van der Waals surface area contributed by atoms with Gasteiger partial charge in [0.05, 0.1) is 0 Å². The third kappa shape index (κ3) is 15.0. The molecule has 0 spiro atoms. The Morgan fingerprint density at radius 3 is 2.24 bits per heavy atom. The normalized spacial score (nSPS) is 9.53. The molecule has 2 heteroatoms. The zero-order valence-corrected chi connectivity index (χ0v) is 11.3. The zero-order valence-electron chi connectivity index (χ0n) is 11.3. The number of esters is 1. The first-order chi connectivity index (χ1) is 8.27. The molecule has 17 heavy (non-hydrogen) atoms. The van der Waals surface area contributed by atoms with E-state index >= 15 is 0 Å². The third-order valence-corrected chi connectivity index (χ3v) is 2.61. The van der Waals surface area contributed by atoms with Crippen LogP contribution >= 0.6 is 0 Å². The summed E-state index contributed by atoms with van der Waals surface area (Å²) in [6.07, 6.45) is 14.9. The second-order valence-corrected chi connectivity index (χ2v) is 4.36. The SMILES string of the molecule is CCCCCCCCCCC=C=COC(C)=O. The quantitative estimate of drug-likeness (QED) is 0.237. The fraction of sp³-hybridized carbons (Fsp3) is 0.733. The van der Waals surface area contributed by atoms with Gasteiger partial charge in [-0.05, 0) is 18.9 Å².